The summed E-state index contributed by atoms with van der Waals surface area (Å²) in [5.74, 6) is 0.177. The summed E-state index contributed by atoms with van der Waals surface area (Å²) in [6.45, 7) is -0.296. The Labute approximate surface area is 156 Å². The second-order valence-electron chi connectivity index (χ2n) is 5.58. The molecule has 5 nitrogen and oxygen atoms in total. The summed E-state index contributed by atoms with van der Waals surface area (Å²) < 4.78 is 10.6. The fourth-order valence-corrected chi connectivity index (χ4v) is 2.44. The van der Waals surface area contributed by atoms with Crippen molar-refractivity contribution in [3.63, 3.8) is 0 Å². The number of benzene rings is 3. The second kappa shape index (κ2) is 8.33. The highest BCUT2D eigenvalue weighted by Gasteiger charge is 2.09. The van der Waals surface area contributed by atoms with Crippen molar-refractivity contribution in [2.75, 3.05) is 6.61 Å². The standard InChI is InChI=1S/C22H14N2O3/c23-13-16-5-7-17(8-6-16)18-9-11-20(12-10-18)27-22(25)15-26-21-4-2-1-3-19(21)14-24/h1-12H,15H2. The summed E-state index contributed by atoms with van der Waals surface area (Å²) in [5.41, 5.74) is 2.86. The molecule has 0 saturated heterocycles. The molecular formula is C22H14N2O3. The molecule has 3 aromatic rings. The van der Waals surface area contributed by atoms with Gasteiger partial charge in [-0.3, -0.25) is 0 Å². The van der Waals surface area contributed by atoms with Gasteiger partial charge >= 0.3 is 5.97 Å². The van der Waals surface area contributed by atoms with Crippen LogP contribution in [0, 0.1) is 22.7 Å². The van der Waals surface area contributed by atoms with Gasteiger partial charge in [-0.15, -0.1) is 0 Å². The van der Waals surface area contributed by atoms with Crippen molar-refractivity contribution in [2.24, 2.45) is 0 Å². The van der Waals surface area contributed by atoms with Gasteiger partial charge in [0, 0.05) is 0 Å². The van der Waals surface area contributed by atoms with Gasteiger partial charge in [0.2, 0.25) is 0 Å². The van der Waals surface area contributed by atoms with Crippen LogP contribution < -0.4 is 9.47 Å². The van der Waals surface area contributed by atoms with Crippen LogP contribution in [0.4, 0.5) is 0 Å². The molecule has 3 aromatic carbocycles. The van der Waals surface area contributed by atoms with Gasteiger partial charge in [-0.25, -0.2) is 4.79 Å². The zero-order valence-corrected chi connectivity index (χ0v) is 14.3. The van der Waals surface area contributed by atoms with Crippen LogP contribution >= 0.6 is 0 Å². The van der Waals surface area contributed by atoms with Crippen LogP contribution in [0.5, 0.6) is 11.5 Å². The van der Waals surface area contributed by atoms with Crippen LogP contribution in [0.2, 0.25) is 0 Å². The molecule has 0 spiro atoms. The number of rotatable bonds is 5. The van der Waals surface area contributed by atoms with Crippen molar-refractivity contribution in [3.05, 3.63) is 83.9 Å². The maximum absolute atomic E-state index is 12.0. The van der Waals surface area contributed by atoms with Crippen LogP contribution in [0.15, 0.2) is 72.8 Å². The number of para-hydroxylation sites is 1. The molecule has 27 heavy (non-hydrogen) atoms. The Kier molecular flexibility index (Phi) is 5.47. The number of ether oxygens (including phenoxy) is 2. The monoisotopic (exact) mass is 354 g/mol. The van der Waals surface area contributed by atoms with Crippen LogP contribution in [-0.2, 0) is 4.79 Å². The minimum absolute atomic E-state index is 0.296. The summed E-state index contributed by atoms with van der Waals surface area (Å²) in [6, 6.07) is 25.0. The van der Waals surface area contributed by atoms with Gasteiger partial charge in [0.05, 0.1) is 17.2 Å². The van der Waals surface area contributed by atoms with E-state index in [0.717, 1.165) is 11.1 Å². The molecule has 0 N–H and O–H groups in total. The topological polar surface area (TPSA) is 83.1 Å². The Bertz CT molecular complexity index is 1030. The lowest BCUT2D eigenvalue weighted by Crippen LogP contribution is -2.18. The number of carbonyl (C=O) groups excluding carboxylic acids is 1. The number of carbonyl (C=O) groups is 1. The van der Waals surface area contributed by atoms with E-state index in [0.29, 0.717) is 22.6 Å². The lowest BCUT2D eigenvalue weighted by Gasteiger charge is -2.08. The van der Waals surface area contributed by atoms with Gasteiger partial charge in [0.1, 0.15) is 17.6 Å². The molecule has 0 amide bonds. The van der Waals surface area contributed by atoms with Gasteiger partial charge in [-0.05, 0) is 47.5 Å². The summed E-state index contributed by atoms with van der Waals surface area (Å²) in [7, 11) is 0. The van der Waals surface area contributed by atoms with Gasteiger partial charge < -0.3 is 9.47 Å². The van der Waals surface area contributed by atoms with Crippen LogP contribution in [0.25, 0.3) is 11.1 Å². The first-order chi connectivity index (χ1) is 13.2. The third kappa shape index (κ3) is 4.50. The molecule has 130 valence electrons. The Morgan fingerprint density at radius 3 is 2.07 bits per heavy atom. The smallest absolute Gasteiger partial charge is 0.349 e. The van der Waals surface area contributed by atoms with Gasteiger partial charge in [0.15, 0.2) is 6.61 Å². The van der Waals surface area contributed by atoms with Crippen molar-refractivity contribution >= 4 is 5.97 Å². The highest BCUT2D eigenvalue weighted by molar-refractivity contribution is 5.74. The minimum atomic E-state index is -0.561. The van der Waals surface area contributed by atoms with E-state index >= 15 is 0 Å². The Morgan fingerprint density at radius 2 is 1.44 bits per heavy atom. The molecule has 0 unspecified atom stereocenters. The fraction of sp³-hybridized carbons (Fsp3) is 0.0455. The largest absolute Gasteiger partial charge is 0.481 e. The lowest BCUT2D eigenvalue weighted by molar-refractivity contribution is -0.136. The maximum atomic E-state index is 12.0. The number of hydrogen-bond acceptors (Lipinski definition) is 5. The summed E-state index contributed by atoms with van der Waals surface area (Å²) in [5, 5.41) is 17.8. The minimum Gasteiger partial charge on any atom is -0.481 e. The normalized spacial score (nSPS) is 9.70. The SMILES string of the molecule is N#Cc1ccc(-c2ccc(OC(=O)COc3ccccc3C#N)cc2)cc1. The van der Waals surface area contributed by atoms with E-state index in [1.807, 2.05) is 30.3 Å². The first-order valence-electron chi connectivity index (χ1n) is 8.13. The van der Waals surface area contributed by atoms with E-state index in [-0.39, 0.29) is 6.61 Å². The fourth-order valence-electron chi connectivity index (χ4n) is 2.44. The second-order valence-corrected chi connectivity index (χ2v) is 5.58. The van der Waals surface area contributed by atoms with E-state index in [1.54, 1.807) is 48.5 Å². The predicted molar refractivity (Wildman–Crippen MR) is 98.9 cm³/mol. The highest BCUT2D eigenvalue weighted by Crippen LogP contribution is 2.23. The Morgan fingerprint density at radius 1 is 0.815 bits per heavy atom. The van der Waals surface area contributed by atoms with Gasteiger partial charge in [-0.2, -0.15) is 10.5 Å². The van der Waals surface area contributed by atoms with Crippen LogP contribution in [-0.4, -0.2) is 12.6 Å². The third-order valence-corrected chi connectivity index (χ3v) is 3.79. The van der Waals surface area contributed by atoms with Gasteiger partial charge in [0.25, 0.3) is 0 Å². The molecule has 0 bridgehead atoms. The van der Waals surface area contributed by atoms with Crippen molar-refractivity contribution in [1.29, 1.82) is 10.5 Å². The number of nitrogens with zero attached hydrogens (tertiary/aromatic N) is 2. The average molecular weight is 354 g/mol. The molecule has 0 aliphatic rings. The summed E-state index contributed by atoms with van der Waals surface area (Å²) in [6.07, 6.45) is 0. The quantitative estimate of drug-likeness (QED) is 0.509. The predicted octanol–water partition coefficient (Wildman–Crippen LogP) is 4.08. The molecule has 5 heteroatoms. The molecule has 0 heterocycles. The molecule has 0 fully saturated rings. The molecule has 0 aliphatic heterocycles. The molecule has 3 rings (SSSR count). The Hall–Kier alpha value is -4.09. The van der Waals surface area contributed by atoms with Crippen LogP contribution in [0.1, 0.15) is 11.1 Å². The van der Waals surface area contributed by atoms with E-state index < -0.39 is 5.97 Å². The van der Waals surface area contributed by atoms with Crippen molar-refractivity contribution in [2.45, 2.75) is 0 Å². The van der Waals surface area contributed by atoms with E-state index in [9.17, 15) is 4.79 Å². The lowest BCUT2D eigenvalue weighted by atomic mass is 10.0. The van der Waals surface area contributed by atoms with Crippen molar-refractivity contribution in [1.82, 2.24) is 0 Å². The van der Waals surface area contributed by atoms with Gasteiger partial charge in [-0.1, -0.05) is 36.4 Å². The first kappa shape index (κ1) is 17.7. The molecule has 0 saturated carbocycles. The summed E-state index contributed by atoms with van der Waals surface area (Å²) in [4.78, 5) is 12.0. The number of nitriles is 2. The average Bonchev–Trinajstić information content (AvgIpc) is 2.73. The number of hydrogen-bond donors (Lipinski definition) is 0. The van der Waals surface area contributed by atoms with Crippen molar-refractivity contribution < 1.29 is 14.3 Å². The maximum Gasteiger partial charge on any atom is 0.349 e. The van der Waals surface area contributed by atoms with E-state index in [4.69, 9.17) is 20.0 Å². The zero-order chi connectivity index (χ0) is 19.1. The Balaban J connectivity index is 1.60. The van der Waals surface area contributed by atoms with E-state index in [2.05, 4.69) is 6.07 Å². The molecule has 0 atom stereocenters. The van der Waals surface area contributed by atoms with Crippen molar-refractivity contribution in [3.8, 4) is 34.8 Å². The van der Waals surface area contributed by atoms with E-state index in [1.165, 1.54) is 0 Å². The molecular weight excluding hydrogens is 340 g/mol. The van der Waals surface area contributed by atoms with Crippen LogP contribution in [0.3, 0.4) is 0 Å². The zero-order valence-electron chi connectivity index (χ0n) is 14.3. The highest BCUT2D eigenvalue weighted by atomic mass is 16.6. The number of esters is 1. The third-order valence-electron chi connectivity index (χ3n) is 3.79. The molecule has 0 radical (unpaired) electrons. The molecule has 0 aliphatic carbocycles. The summed E-state index contributed by atoms with van der Waals surface area (Å²) >= 11 is 0. The molecule has 0 aromatic heterocycles. The first-order valence-corrected chi connectivity index (χ1v) is 8.13.